The molecule has 2 rings (SSSR count). The van der Waals surface area contributed by atoms with Crippen LogP contribution in [0.2, 0.25) is 0 Å². The van der Waals surface area contributed by atoms with Crippen molar-refractivity contribution >= 4 is 17.0 Å². The van der Waals surface area contributed by atoms with E-state index < -0.39 is 12.0 Å². The number of aliphatic carboxylic acids is 1. The third kappa shape index (κ3) is 1.82. The number of rotatable bonds is 3. The summed E-state index contributed by atoms with van der Waals surface area (Å²) in [7, 11) is 0. The van der Waals surface area contributed by atoms with E-state index >= 15 is 0 Å². The quantitative estimate of drug-likeness (QED) is 0.698. The first-order chi connectivity index (χ1) is 7.18. The van der Waals surface area contributed by atoms with Gasteiger partial charge in [-0.05, 0) is 12.1 Å². The minimum atomic E-state index is -0.909. The molecule has 2 heterocycles. The molecule has 15 heavy (non-hydrogen) atoms. The largest absolute Gasteiger partial charge is 0.481 e. The summed E-state index contributed by atoms with van der Waals surface area (Å²) < 4.78 is 0. The van der Waals surface area contributed by atoms with Crippen molar-refractivity contribution in [1.29, 1.82) is 0 Å². The normalized spacial score (nSPS) is 12.9. The number of aromatic amines is 1. The Morgan fingerprint density at radius 1 is 1.67 bits per heavy atom. The van der Waals surface area contributed by atoms with E-state index in [0.29, 0.717) is 0 Å². The number of carboxylic acids is 1. The number of nitrogens with one attached hydrogen (secondary N) is 1. The van der Waals surface area contributed by atoms with E-state index in [1.807, 2.05) is 12.1 Å². The van der Waals surface area contributed by atoms with Gasteiger partial charge in [0.2, 0.25) is 0 Å². The van der Waals surface area contributed by atoms with Crippen molar-refractivity contribution < 1.29 is 9.90 Å². The molecule has 5 heteroatoms. The number of hydrogen-bond acceptors (Lipinski definition) is 3. The van der Waals surface area contributed by atoms with Crippen molar-refractivity contribution in [1.82, 2.24) is 9.97 Å². The molecule has 0 radical (unpaired) electrons. The first kappa shape index (κ1) is 9.67. The van der Waals surface area contributed by atoms with Gasteiger partial charge in [-0.3, -0.25) is 9.78 Å². The lowest BCUT2D eigenvalue weighted by Crippen LogP contribution is -2.14. The van der Waals surface area contributed by atoms with Crippen LogP contribution in [0.25, 0.3) is 11.0 Å². The fraction of sp³-hybridized carbons (Fsp3) is 0.200. The minimum Gasteiger partial charge on any atom is -0.481 e. The van der Waals surface area contributed by atoms with Crippen molar-refractivity contribution in [2.75, 3.05) is 0 Å². The van der Waals surface area contributed by atoms with Gasteiger partial charge in [-0.25, -0.2) is 0 Å². The number of aromatic nitrogens is 2. The molecule has 2 aromatic rings. The second-order valence-electron chi connectivity index (χ2n) is 3.35. The molecule has 0 saturated heterocycles. The summed E-state index contributed by atoms with van der Waals surface area (Å²) in [5.41, 5.74) is 8.12. The molecule has 5 nitrogen and oxygen atoms in total. The van der Waals surface area contributed by atoms with Crippen molar-refractivity contribution in [2.45, 2.75) is 12.5 Å². The van der Waals surface area contributed by atoms with Crippen LogP contribution in [0.1, 0.15) is 18.0 Å². The molecule has 78 valence electrons. The van der Waals surface area contributed by atoms with Crippen molar-refractivity contribution in [3.63, 3.8) is 0 Å². The van der Waals surface area contributed by atoms with Gasteiger partial charge < -0.3 is 15.8 Å². The van der Waals surface area contributed by atoms with Gasteiger partial charge in [0.05, 0.1) is 17.5 Å². The predicted octanol–water partition coefficient (Wildman–Crippen LogP) is 1.04. The fourth-order valence-corrected chi connectivity index (χ4v) is 1.56. The second kappa shape index (κ2) is 3.70. The molecule has 0 saturated carbocycles. The van der Waals surface area contributed by atoms with E-state index in [0.717, 1.165) is 16.6 Å². The second-order valence-corrected chi connectivity index (χ2v) is 3.35. The standard InChI is InChI=1S/C10H11N3O2/c11-7(4-9(14)15)6-5-13-8-2-1-3-12-10(6)8/h1-3,5,7,13H,4,11H2,(H,14,15). The molecule has 0 fully saturated rings. The maximum Gasteiger partial charge on any atom is 0.305 e. The average Bonchev–Trinajstić information content (AvgIpc) is 2.59. The molecule has 0 amide bonds. The summed E-state index contributed by atoms with van der Waals surface area (Å²) in [4.78, 5) is 17.7. The molecule has 1 atom stereocenters. The van der Waals surface area contributed by atoms with Crippen LogP contribution in [0.15, 0.2) is 24.5 Å². The van der Waals surface area contributed by atoms with Crippen LogP contribution < -0.4 is 5.73 Å². The van der Waals surface area contributed by atoms with E-state index in [9.17, 15) is 4.79 Å². The Morgan fingerprint density at radius 2 is 2.47 bits per heavy atom. The summed E-state index contributed by atoms with van der Waals surface area (Å²) in [5.74, 6) is -0.909. The zero-order valence-electron chi connectivity index (χ0n) is 7.97. The van der Waals surface area contributed by atoms with Crippen molar-refractivity contribution in [3.05, 3.63) is 30.1 Å². The molecule has 0 aliphatic carbocycles. The van der Waals surface area contributed by atoms with Gasteiger partial charge in [0.25, 0.3) is 0 Å². The fourth-order valence-electron chi connectivity index (χ4n) is 1.56. The zero-order valence-corrected chi connectivity index (χ0v) is 7.97. The Bertz CT molecular complexity index is 492. The molecule has 0 aliphatic rings. The van der Waals surface area contributed by atoms with E-state index in [1.54, 1.807) is 12.4 Å². The summed E-state index contributed by atoms with van der Waals surface area (Å²) in [6, 6.07) is 3.16. The number of hydrogen-bond donors (Lipinski definition) is 3. The van der Waals surface area contributed by atoms with Crippen molar-refractivity contribution in [3.8, 4) is 0 Å². The van der Waals surface area contributed by atoms with E-state index in [1.165, 1.54) is 0 Å². The van der Waals surface area contributed by atoms with Gasteiger partial charge >= 0.3 is 5.97 Å². The van der Waals surface area contributed by atoms with Crippen LogP contribution in [-0.2, 0) is 4.79 Å². The van der Waals surface area contributed by atoms with E-state index in [-0.39, 0.29) is 6.42 Å². The maximum absolute atomic E-state index is 10.5. The lowest BCUT2D eigenvalue weighted by Gasteiger charge is -2.06. The van der Waals surface area contributed by atoms with Gasteiger partial charge in [-0.1, -0.05) is 0 Å². The number of H-pyrrole nitrogens is 1. The lowest BCUT2D eigenvalue weighted by atomic mass is 10.1. The molecule has 0 aromatic carbocycles. The minimum absolute atomic E-state index is 0.0937. The third-order valence-electron chi connectivity index (χ3n) is 2.26. The maximum atomic E-state index is 10.5. The highest BCUT2D eigenvalue weighted by Gasteiger charge is 2.15. The van der Waals surface area contributed by atoms with E-state index in [2.05, 4.69) is 9.97 Å². The number of pyridine rings is 1. The third-order valence-corrected chi connectivity index (χ3v) is 2.26. The number of nitrogens with zero attached hydrogens (tertiary/aromatic N) is 1. The Hall–Kier alpha value is -1.88. The average molecular weight is 205 g/mol. The molecular formula is C10H11N3O2. The summed E-state index contributed by atoms with van der Waals surface area (Å²) >= 11 is 0. The highest BCUT2D eigenvalue weighted by atomic mass is 16.4. The highest BCUT2D eigenvalue weighted by molar-refractivity contribution is 5.80. The topological polar surface area (TPSA) is 92.0 Å². The van der Waals surface area contributed by atoms with Crippen LogP contribution >= 0.6 is 0 Å². The summed E-state index contributed by atoms with van der Waals surface area (Å²) in [6.07, 6.45) is 3.28. The van der Waals surface area contributed by atoms with Gasteiger partial charge in [-0.15, -0.1) is 0 Å². The molecule has 0 spiro atoms. The van der Waals surface area contributed by atoms with E-state index in [4.69, 9.17) is 10.8 Å². The first-order valence-electron chi connectivity index (χ1n) is 4.58. The zero-order chi connectivity index (χ0) is 10.8. The lowest BCUT2D eigenvalue weighted by molar-refractivity contribution is -0.137. The molecule has 0 aliphatic heterocycles. The molecule has 2 aromatic heterocycles. The Labute approximate surface area is 85.9 Å². The number of fused-ring (bicyclic) bond motifs is 1. The number of nitrogens with two attached hydrogens (primary N) is 1. The van der Waals surface area contributed by atoms with Crippen LogP contribution in [0, 0.1) is 0 Å². The number of carboxylic acid groups (broad SMARTS) is 1. The SMILES string of the molecule is NC(CC(=O)O)c1c[nH]c2cccnc12. The Balaban J connectivity index is 2.39. The highest BCUT2D eigenvalue weighted by Crippen LogP contribution is 2.22. The van der Waals surface area contributed by atoms with Crippen LogP contribution in [-0.4, -0.2) is 21.0 Å². The number of carbonyl (C=O) groups is 1. The first-order valence-corrected chi connectivity index (χ1v) is 4.58. The molecule has 0 bridgehead atoms. The van der Waals surface area contributed by atoms with Gasteiger partial charge in [0.15, 0.2) is 0 Å². The molecule has 4 N–H and O–H groups in total. The Kier molecular flexibility index (Phi) is 2.39. The predicted molar refractivity (Wildman–Crippen MR) is 55.3 cm³/mol. The van der Waals surface area contributed by atoms with Crippen molar-refractivity contribution in [2.24, 2.45) is 5.73 Å². The molecule has 1 unspecified atom stereocenters. The van der Waals surface area contributed by atoms with Crippen LogP contribution in [0.5, 0.6) is 0 Å². The van der Waals surface area contributed by atoms with Crippen LogP contribution in [0.4, 0.5) is 0 Å². The summed E-state index contributed by atoms with van der Waals surface area (Å²) in [6.45, 7) is 0. The van der Waals surface area contributed by atoms with Crippen LogP contribution in [0.3, 0.4) is 0 Å². The monoisotopic (exact) mass is 205 g/mol. The van der Waals surface area contributed by atoms with Gasteiger partial charge in [0.1, 0.15) is 0 Å². The Morgan fingerprint density at radius 3 is 3.20 bits per heavy atom. The van der Waals surface area contributed by atoms with Gasteiger partial charge in [0, 0.05) is 24.0 Å². The smallest absolute Gasteiger partial charge is 0.305 e. The summed E-state index contributed by atoms with van der Waals surface area (Å²) in [5, 5.41) is 8.64. The van der Waals surface area contributed by atoms with Gasteiger partial charge in [-0.2, -0.15) is 0 Å². The molecular weight excluding hydrogens is 194 g/mol.